The lowest BCUT2D eigenvalue weighted by atomic mass is 9.78. The van der Waals surface area contributed by atoms with Crippen molar-refractivity contribution in [2.24, 2.45) is 5.41 Å². The topological polar surface area (TPSA) is 41.6 Å². The molecule has 0 aromatic carbocycles. The average molecular weight is 198 g/mol. The predicted octanol–water partition coefficient (Wildman–Crippen LogP) is 0.828. The van der Waals surface area contributed by atoms with Gasteiger partial charge in [-0.1, -0.05) is 0 Å². The number of nitrogens with zero attached hydrogens (tertiary/aromatic N) is 1. The summed E-state index contributed by atoms with van der Waals surface area (Å²) in [4.78, 5) is 13.2. The monoisotopic (exact) mass is 198 g/mol. The molecule has 4 nitrogen and oxygen atoms in total. The molecule has 1 spiro atoms. The Morgan fingerprint density at radius 1 is 1.36 bits per heavy atom. The minimum absolute atomic E-state index is 0.166. The van der Waals surface area contributed by atoms with E-state index in [2.05, 4.69) is 5.32 Å². The first-order valence-corrected chi connectivity index (χ1v) is 5.29. The van der Waals surface area contributed by atoms with Crippen LogP contribution in [-0.2, 0) is 4.74 Å². The second kappa shape index (κ2) is 3.77. The van der Waals surface area contributed by atoms with Gasteiger partial charge in [0.1, 0.15) is 0 Å². The number of hydrogen-bond donors (Lipinski definition) is 1. The Labute approximate surface area is 84.6 Å². The number of methoxy groups -OCH3 is 1. The highest BCUT2D eigenvalue weighted by molar-refractivity contribution is 5.67. The zero-order chi connectivity index (χ0) is 10.0. The highest BCUT2D eigenvalue weighted by atomic mass is 16.5. The van der Waals surface area contributed by atoms with Gasteiger partial charge in [0.15, 0.2) is 0 Å². The molecule has 0 aromatic rings. The summed E-state index contributed by atoms with van der Waals surface area (Å²) in [5, 5.41) is 3.36. The molecule has 0 saturated carbocycles. The number of nitrogens with one attached hydrogen (secondary N) is 1. The Bertz CT molecular complexity index is 224. The zero-order valence-electron chi connectivity index (χ0n) is 8.71. The van der Waals surface area contributed by atoms with Gasteiger partial charge in [-0.25, -0.2) is 4.79 Å². The van der Waals surface area contributed by atoms with Gasteiger partial charge < -0.3 is 15.0 Å². The standard InChI is InChI=1S/C10H18N2O2/c1-14-9(13)12-7-4-10(8-12)2-5-11-6-3-10/h11H,2-8H2,1H3. The van der Waals surface area contributed by atoms with Crippen LogP contribution in [-0.4, -0.2) is 44.3 Å². The molecule has 2 fully saturated rings. The molecule has 0 bridgehead atoms. The van der Waals surface area contributed by atoms with Crippen molar-refractivity contribution in [3.63, 3.8) is 0 Å². The molecule has 2 aliphatic heterocycles. The van der Waals surface area contributed by atoms with E-state index < -0.39 is 0 Å². The maximum atomic E-state index is 11.3. The normalized spacial score (nSPS) is 25.4. The third-order valence-electron chi connectivity index (χ3n) is 3.54. The van der Waals surface area contributed by atoms with E-state index in [0.29, 0.717) is 5.41 Å². The van der Waals surface area contributed by atoms with Crippen LogP contribution in [0.5, 0.6) is 0 Å². The molecule has 0 aromatic heterocycles. The molecule has 2 rings (SSSR count). The number of rotatable bonds is 0. The molecule has 0 unspecified atom stereocenters. The fourth-order valence-corrected chi connectivity index (χ4v) is 2.59. The first kappa shape index (κ1) is 9.77. The third kappa shape index (κ3) is 1.71. The second-order valence-corrected chi connectivity index (χ2v) is 4.39. The Hall–Kier alpha value is -0.770. The summed E-state index contributed by atoms with van der Waals surface area (Å²) >= 11 is 0. The van der Waals surface area contributed by atoms with Crippen LogP contribution in [0.25, 0.3) is 0 Å². The first-order chi connectivity index (χ1) is 6.76. The van der Waals surface area contributed by atoms with Crippen LogP contribution < -0.4 is 5.32 Å². The first-order valence-electron chi connectivity index (χ1n) is 5.29. The average Bonchev–Trinajstić information content (AvgIpc) is 2.62. The van der Waals surface area contributed by atoms with E-state index in [0.717, 1.165) is 32.6 Å². The molecule has 0 radical (unpaired) electrons. The Kier molecular flexibility index (Phi) is 2.63. The fraction of sp³-hybridized carbons (Fsp3) is 0.900. The van der Waals surface area contributed by atoms with E-state index >= 15 is 0 Å². The third-order valence-corrected chi connectivity index (χ3v) is 3.54. The quantitative estimate of drug-likeness (QED) is 0.627. The van der Waals surface area contributed by atoms with Crippen molar-refractivity contribution in [1.82, 2.24) is 10.2 Å². The lowest BCUT2D eigenvalue weighted by Gasteiger charge is -2.33. The van der Waals surface area contributed by atoms with Crippen molar-refractivity contribution < 1.29 is 9.53 Å². The molecular weight excluding hydrogens is 180 g/mol. The van der Waals surface area contributed by atoms with Gasteiger partial charge in [-0.15, -0.1) is 0 Å². The van der Waals surface area contributed by atoms with Crippen LogP contribution in [0.4, 0.5) is 4.79 Å². The van der Waals surface area contributed by atoms with Crippen molar-refractivity contribution in [3.05, 3.63) is 0 Å². The van der Waals surface area contributed by atoms with E-state index in [4.69, 9.17) is 4.74 Å². The number of ether oxygens (including phenoxy) is 1. The molecule has 0 atom stereocenters. The van der Waals surface area contributed by atoms with Crippen LogP contribution >= 0.6 is 0 Å². The fourth-order valence-electron chi connectivity index (χ4n) is 2.59. The Morgan fingerprint density at radius 2 is 2.07 bits per heavy atom. The molecule has 2 saturated heterocycles. The maximum Gasteiger partial charge on any atom is 0.409 e. The lowest BCUT2D eigenvalue weighted by molar-refractivity contribution is 0.122. The van der Waals surface area contributed by atoms with Crippen molar-refractivity contribution >= 4 is 6.09 Å². The van der Waals surface area contributed by atoms with Gasteiger partial charge in [0, 0.05) is 13.1 Å². The molecule has 1 amide bonds. The van der Waals surface area contributed by atoms with Gasteiger partial charge in [-0.2, -0.15) is 0 Å². The summed E-state index contributed by atoms with van der Waals surface area (Å²) in [7, 11) is 1.45. The number of hydrogen-bond acceptors (Lipinski definition) is 3. The van der Waals surface area contributed by atoms with Crippen molar-refractivity contribution in [1.29, 1.82) is 0 Å². The summed E-state index contributed by atoms with van der Waals surface area (Å²) in [5.74, 6) is 0. The largest absolute Gasteiger partial charge is 0.453 e. The lowest BCUT2D eigenvalue weighted by Crippen LogP contribution is -2.39. The van der Waals surface area contributed by atoms with Crippen LogP contribution in [0, 0.1) is 5.41 Å². The number of amides is 1. The minimum atomic E-state index is -0.166. The minimum Gasteiger partial charge on any atom is -0.453 e. The summed E-state index contributed by atoms with van der Waals surface area (Å²) in [5.41, 5.74) is 0.388. The molecule has 80 valence electrons. The summed E-state index contributed by atoms with van der Waals surface area (Å²) in [6, 6.07) is 0. The molecule has 4 heteroatoms. The molecule has 2 aliphatic rings. The van der Waals surface area contributed by atoms with E-state index in [1.54, 1.807) is 0 Å². The molecule has 0 aliphatic carbocycles. The maximum absolute atomic E-state index is 11.3. The number of carbonyl (C=O) groups is 1. The summed E-state index contributed by atoms with van der Waals surface area (Å²) in [6.45, 7) is 3.94. The van der Waals surface area contributed by atoms with Crippen LogP contribution in [0.1, 0.15) is 19.3 Å². The highest BCUT2D eigenvalue weighted by Gasteiger charge is 2.40. The molecule has 1 N–H and O–H groups in total. The van der Waals surface area contributed by atoms with E-state index in [-0.39, 0.29) is 6.09 Å². The van der Waals surface area contributed by atoms with Gasteiger partial charge in [0.25, 0.3) is 0 Å². The SMILES string of the molecule is COC(=O)N1CCC2(CCNCC2)C1. The van der Waals surface area contributed by atoms with Crippen LogP contribution in [0.15, 0.2) is 0 Å². The molecule has 2 heterocycles. The van der Waals surface area contributed by atoms with E-state index in [9.17, 15) is 4.79 Å². The number of carbonyl (C=O) groups excluding carboxylic acids is 1. The predicted molar refractivity (Wildman–Crippen MR) is 53.1 cm³/mol. The van der Waals surface area contributed by atoms with Crippen LogP contribution in [0.2, 0.25) is 0 Å². The van der Waals surface area contributed by atoms with Gasteiger partial charge in [0.05, 0.1) is 7.11 Å². The molecule has 14 heavy (non-hydrogen) atoms. The van der Waals surface area contributed by atoms with Gasteiger partial charge in [-0.3, -0.25) is 0 Å². The number of piperidine rings is 1. The second-order valence-electron chi connectivity index (χ2n) is 4.39. The van der Waals surface area contributed by atoms with Crippen molar-refractivity contribution in [2.75, 3.05) is 33.3 Å². The van der Waals surface area contributed by atoms with Crippen molar-refractivity contribution in [3.8, 4) is 0 Å². The van der Waals surface area contributed by atoms with Gasteiger partial charge in [0.2, 0.25) is 0 Å². The summed E-state index contributed by atoms with van der Waals surface area (Å²) in [6.07, 6.45) is 3.37. The van der Waals surface area contributed by atoms with Crippen molar-refractivity contribution in [2.45, 2.75) is 19.3 Å². The van der Waals surface area contributed by atoms with E-state index in [1.807, 2.05) is 4.90 Å². The van der Waals surface area contributed by atoms with Gasteiger partial charge >= 0.3 is 6.09 Å². The number of likely N-dealkylation sites (tertiary alicyclic amines) is 1. The molecular formula is C10H18N2O2. The van der Waals surface area contributed by atoms with Gasteiger partial charge in [-0.05, 0) is 37.8 Å². The Morgan fingerprint density at radius 3 is 2.71 bits per heavy atom. The highest BCUT2D eigenvalue weighted by Crippen LogP contribution is 2.38. The van der Waals surface area contributed by atoms with E-state index in [1.165, 1.54) is 20.0 Å². The smallest absolute Gasteiger partial charge is 0.409 e. The van der Waals surface area contributed by atoms with Crippen LogP contribution in [0.3, 0.4) is 0 Å². The summed E-state index contributed by atoms with van der Waals surface area (Å²) < 4.78 is 4.74. The Balaban J connectivity index is 1.95. The zero-order valence-corrected chi connectivity index (χ0v) is 8.71.